The van der Waals surface area contributed by atoms with Crippen LogP contribution in [0.1, 0.15) is 12.6 Å². The van der Waals surface area contributed by atoms with Gasteiger partial charge in [-0.15, -0.1) is 0 Å². The molecule has 1 aromatic heterocycles. The molecule has 1 heterocycles. The van der Waals surface area contributed by atoms with E-state index in [0.29, 0.717) is 11.4 Å². The maximum absolute atomic E-state index is 13.0. The number of carbonyl (C=O) groups is 2. The number of nitrogens with zero attached hydrogens (tertiary/aromatic N) is 2. The van der Waals surface area contributed by atoms with Crippen molar-refractivity contribution < 1.29 is 14.3 Å². The van der Waals surface area contributed by atoms with Gasteiger partial charge in [0.15, 0.2) is 0 Å². The predicted molar refractivity (Wildman–Crippen MR) is 114 cm³/mol. The van der Waals surface area contributed by atoms with Gasteiger partial charge in [-0.3, -0.25) is 19.5 Å². The number of anilines is 1. The van der Waals surface area contributed by atoms with Crippen LogP contribution in [0.25, 0.3) is 17.2 Å². The van der Waals surface area contributed by atoms with Crippen LogP contribution in [0.2, 0.25) is 0 Å². The molecule has 1 amide bonds. The van der Waals surface area contributed by atoms with E-state index in [9.17, 15) is 9.59 Å². The second-order valence-electron chi connectivity index (χ2n) is 6.20. The van der Waals surface area contributed by atoms with Crippen LogP contribution in [-0.4, -0.2) is 30.0 Å². The largest absolute Gasteiger partial charge is 0.465 e. The first-order valence-corrected chi connectivity index (χ1v) is 9.39. The molecule has 0 bridgehead atoms. The van der Waals surface area contributed by atoms with E-state index in [1.54, 1.807) is 25.3 Å². The standard InChI is InChI=1S/C24H22N2O3/c1-2-29-24(28)18-26(23(27)16-15-20-12-8-9-17-25-20)22-14-7-6-13-21(22)19-10-4-3-5-11-19/h3-17H,2,18H2,1H3/b16-15+. The van der Waals surface area contributed by atoms with Crippen molar-refractivity contribution in [1.82, 2.24) is 4.98 Å². The van der Waals surface area contributed by atoms with Gasteiger partial charge in [0.25, 0.3) is 5.91 Å². The van der Waals surface area contributed by atoms with Crippen molar-refractivity contribution in [2.75, 3.05) is 18.1 Å². The molecule has 0 atom stereocenters. The van der Waals surface area contributed by atoms with Gasteiger partial charge in [-0.25, -0.2) is 0 Å². The van der Waals surface area contributed by atoms with E-state index in [0.717, 1.165) is 11.1 Å². The maximum Gasteiger partial charge on any atom is 0.326 e. The highest BCUT2D eigenvalue weighted by Gasteiger charge is 2.21. The Labute approximate surface area is 170 Å². The molecule has 0 aliphatic heterocycles. The number of rotatable bonds is 7. The average Bonchev–Trinajstić information content (AvgIpc) is 2.77. The first-order chi connectivity index (χ1) is 14.2. The molecule has 5 heteroatoms. The normalized spacial score (nSPS) is 10.7. The Morgan fingerprint density at radius 2 is 1.69 bits per heavy atom. The van der Waals surface area contributed by atoms with Crippen LogP contribution >= 0.6 is 0 Å². The highest BCUT2D eigenvalue weighted by atomic mass is 16.5. The van der Waals surface area contributed by atoms with E-state index in [1.165, 1.54) is 11.0 Å². The number of pyridine rings is 1. The first kappa shape index (κ1) is 20.0. The number of aromatic nitrogens is 1. The Bertz CT molecular complexity index is 985. The van der Waals surface area contributed by atoms with Gasteiger partial charge < -0.3 is 4.74 Å². The number of amides is 1. The molecule has 0 aliphatic rings. The quantitative estimate of drug-likeness (QED) is 0.447. The van der Waals surface area contributed by atoms with Crippen LogP contribution in [0.15, 0.2) is 85.1 Å². The van der Waals surface area contributed by atoms with Crippen molar-refractivity contribution in [2.45, 2.75) is 6.92 Å². The Hall–Kier alpha value is -3.73. The molecule has 0 spiro atoms. The Morgan fingerprint density at radius 1 is 0.966 bits per heavy atom. The van der Waals surface area contributed by atoms with Crippen LogP contribution in [-0.2, 0) is 14.3 Å². The van der Waals surface area contributed by atoms with Gasteiger partial charge in [0, 0.05) is 17.8 Å². The van der Waals surface area contributed by atoms with Crippen LogP contribution < -0.4 is 4.90 Å². The molecule has 5 nitrogen and oxygen atoms in total. The molecule has 3 rings (SSSR count). The van der Waals surface area contributed by atoms with Gasteiger partial charge in [-0.05, 0) is 36.8 Å². The van der Waals surface area contributed by atoms with Crippen molar-refractivity contribution in [1.29, 1.82) is 0 Å². The summed E-state index contributed by atoms with van der Waals surface area (Å²) >= 11 is 0. The van der Waals surface area contributed by atoms with Gasteiger partial charge in [0.05, 0.1) is 18.0 Å². The highest BCUT2D eigenvalue weighted by molar-refractivity contribution is 6.08. The van der Waals surface area contributed by atoms with E-state index in [2.05, 4.69) is 4.98 Å². The lowest BCUT2D eigenvalue weighted by Gasteiger charge is -2.23. The third-order valence-corrected chi connectivity index (χ3v) is 4.22. The zero-order valence-corrected chi connectivity index (χ0v) is 16.2. The molecular weight excluding hydrogens is 364 g/mol. The van der Waals surface area contributed by atoms with Gasteiger partial charge in [-0.1, -0.05) is 54.6 Å². The van der Waals surface area contributed by atoms with E-state index >= 15 is 0 Å². The smallest absolute Gasteiger partial charge is 0.326 e. The van der Waals surface area contributed by atoms with Gasteiger partial charge in [0.1, 0.15) is 6.54 Å². The summed E-state index contributed by atoms with van der Waals surface area (Å²) in [5, 5.41) is 0. The van der Waals surface area contributed by atoms with Crippen LogP contribution in [0.5, 0.6) is 0 Å². The van der Waals surface area contributed by atoms with Crippen LogP contribution in [0.3, 0.4) is 0 Å². The lowest BCUT2D eigenvalue weighted by atomic mass is 10.0. The van der Waals surface area contributed by atoms with Crippen molar-refractivity contribution >= 4 is 23.6 Å². The number of esters is 1. The average molecular weight is 386 g/mol. The van der Waals surface area contributed by atoms with Crippen molar-refractivity contribution in [3.63, 3.8) is 0 Å². The summed E-state index contributed by atoms with van der Waals surface area (Å²) in [7, 11) is 0. The highest BCUT2D eigenvalue weighted by Crippen LogP contribution is 2.31. The fraction of sp³-hybridized carbons (Fsp3) is 0.125. The first-order valence-electron chi connectivity index (χ1n) is 9.39. The van der Waals surface area contributed by atoms with Crippen molar-refractivity contribution in [3.8, 4) is 11.1 Å². The van der Waals surface area contributed by atoms with E-state index in [4.69, 9.17) is 4.74 Å². The second kappa shape index (κ2) is 9.99. The zero-order valence-electron chi connectivity index (χ0n) is 16.2. The van der Waals surface area contributed by atoms with Gasteiger partial charge >= 0.3 is 5.97 Å². The molecule has 29 heavy (non-hydrogen) atoms. The minimum atomic E-state index is -0.463. The fourth-order valence-corrected chi connectivity index (χ4v) is 2.91. The lowest BCUT2D eigenvalue weighted by molar-refractivity contribution is -0.142. The van der Waals surface area contributed by atoms with E-state index in [-0.39, 0.29) is 19.1 Å². The lowest BCUT2D eigenvalue weighted by Crippen LogP contribution is -2.35. The van der Waals surface area contributed by atoms with Gasteiger partial charge in [-0.2, -0.15) is 0 Å². The number of hydrogen-bond acceptors (Lipinski definition) is 4. The number of para-hydroxylation sites is 1. The molecule has 2 aromatic carbocycles. The summed E-state index contributed by atoms with van der Waals surface area (Å²) < 4.78 is 5.08. The minimum absolute atomic E-state index is 0.178. The summed E-state index contributed by atoms with van der Waals surface area (Å²) in [5.74, 6) is -0.790. The fourth-order valence-electron chi connectivity index (χ4n) is 2.91. The Kier molecular flexibility index (Phi) is 6.90. The molecule has 0 N–H and O–H groups in total. The topological polar surface area (TPSA) is 59.5 Å². The summed E-state index contributed by atoms with van der Waals surface area (Å²) in [6, 6.07) is 22.7. The monoisotopic (exact) mass is 386 g/mol. The molecule has 146 valence electrons. The van der Waals surface area contributed by atoms with E-state index < -0.39 is 5.97 Å². The Balaban J connectivity index is 1.97. The summed E-state index contributed by atoms with van der Waals surface area (Å²) in [6.45, 7) is 1.82. The molecular formula is C24H22N2O3. The minimum Gasteiger partial charge on any atom is -0.465 e. The maximum atomic E-state index is 13.0. The molecule has 0 aliphatic carbocycles. The molecule has 0 radical (unpaired) electrons. The van der Waals surface area contributed by atoms with Crippen molar-refractivity contribution in [2.24, 2.45) is 0 Å². The number of carbonyl (C=O) groups excluding carboxylic acids is 2. The predicted octanol–water partition coefficient (Wildman–Crippen LogP) is 4.36. The SMILES string of the molecule is CCOC(=O)CN(C(=O)/C=C/c1ccccn1)c1ccccc1-c1ccccc1. The number of hydrogen-bond donors (Lipinski definition) is 0. The molecule has 3 aromatic rings. The number of ether oxygens (including phenoxy) is 1. The molecule has 0 unspecified atom stereocenters. The molecule has 0 fully saturated rings. The summed E-state index contributed by atoms with van der Waals surface area (Å²) in [6.07, 6.45) is 4.71. The molecule has 0 saturated carbocycles. The Morgan fingerprint density at radius 3 is 2.41 bits per heavy atom. The summed E-state index contributed by atoms with van der Waals surface area (Å²) in [5.41, 5.74) is 3.12. The van der Waals surface area contributed by atoms with Crippen molar-refractivity contribution in [3.05, 3.63) is 90.8 Å². The second-order valence-corrected chi connectivity index (χ2v) is 6.20. The third kappa shape index (κ3) is 5.39. The molecule has 0 saturated heterocycles. The van der Waals surface area contributed by atoms with E-state index in [1.807, 2.05) is 66.7 Å². The van der Waals surface area contributed by atoms with Gasteiger partial charge in [0.2, 0.25) is 0 Å². The third-order valence-electron chi connectivity index (χ3n) is 4.22. The van der Waals surface area contributed by atoms with Crippen LogP contribution in [0.4, 0.5) is 5.69 Å². The summed E-state index contributed by atoms with van der Waals surface area (Å²) in [4.78, 5) is 30.9. The zero-order chi connectivity index (χ0) is 20.5. The number of benzene rings is 2. The van der Waals surface area contributed by atoms with Crippen LogP contribution in [0, 0.1) is 0 Å².